The molecule has 0 radical (unpaired) electrons. The summed E-state index contributed by atoms with van der Waals surface area (Å²) in [5.74, 6) is 0.439. The van der Waals surface area contributed by atoms with E-state index in [4.69, 9.17) is 0 Å². The fraction of sp³-hybridized carbons (Fsp3) is 0.333. The van der Waals surface area contributed by atoms with Crippen LogP contribution in [0.3, 0.4) is 0 Å². The molecule has 6 nitrogen and oxygen atoms in total. The minimum atomic E-state index is -4.56. The Morgan fingerprint density at radius 1 is 1.06 bits per heavy atom. The summed E-state index contributed by atoms with van der Waals surface area (Å²) in [5.41, 5.74) is 0.488. The quantitative estimate of drug-likeness (QED) is 0.646. The average Bonchev–Trinajstić information content (AvgIpc) is 2.73. The smallest absolute Gasteiger partial charge is 0.367 e. The summed E-state index contributed by atoms with van der Waals surface area (Å²) in [6.45, 7) is 0.764. The van der Waals surface area contributed by atoms with Gasteiger partial charge in [0.05, 0.1) is 11.8 Å². The van der Waals surface area contributed by atoms with Crippen LogP contribution in [0, 0.1) is 0 Å². The molecule has 1 fully saturated rings. The minimum absolute atomic E-state index is 0.0430. The molecular formula is C21H21F3N4O2S. The van der Waals surface area contributed by atoms with Crippen molar-refractivity contribution in [2.75, 3.05) is 24.7 Å². The number of alkyl halides is 3. The Hall–Kier alpha value is -2.72. The summed E-state index contributed by atoms with van der Waals surface area (Å²) >= 11 is 0. The van der Waals surface area contributed by atoms with Gasteiger partial charge in [0.2, 0.25) is 10.0 Å². The minimum Gasteiger partial charge on any atom is -0.367 e. The molecule has 1 aromatic carbocycles. The number of hydrogen-bond donors (Lipinski definition) is 1. The Morgan fingerprint density at radius 2 is 1.74 bits per heavy atom. The van der Waals surface area contributed by atoms with Gasteiger partial charge in [0, 0.05) is 36.3 Å². The number of rotatable bonds is 4. The molecule has 164 valence electrons. The Bertz CT molecular complexity index is 1190. The van der Waals surface area contributed by atoms with E-state index < -0.39 is 21.9 Å². The molecule has 3 aromatic rings. The number of nitrogens with one attached hydrogen (secondary N) is 1. The van der Waals surface area contributed by atoms with Crippen molar-refractivity contribution < 1.29 is 21.6 Å². The van der Waals surface area contributed by atoms with Crippen LogP contribution in [0.2, 0.25) is 0 Å². The first kappa shape index (κ1) is 21.5. The van der Waals surface area contributed by atoms with E-state index >= 15 is 0 Å². The van der Waals surface area contributed by atoms with E-state index in [1.807, 2.05) is 6.07 Å². The van der Waals surface area contributed by atoms with Gasteiger partial charge >= 0.3 is 6.18 Å². The van der Waals surface area contributed by atoms with Crippen molar-refractivity contribution in [2.24, 2.45) is 0 Å². The highest BCUT2D eigenvalue weighted by Crippen LogP contribution is 2.35. The molecule has 1 aliphatic heterocycles. The van der Waals surface area contributed by atoms with Crippen LogP contribution in [0.1, 0.15) is 18.5 Å². The predicted octanol–water partition coefficient (Wildman–Crippen LogP) is 4.15. The number of hydrogen-bond acceptors (Lipinski definition) is 5. The second-order valence-electron chi connectivity index (χ2n) is 7.56. The standard InChI is InChI=1S/C21H21F3N4O2S/c1-31(29,30)28-11-9-15(10-12-28)26-20-16-7-8-18(21(22,23)24)27-19(16)17(13-25-20)14-5-3-2-4-6-14/h2-8,13,15H,9-12H2,1H3,(H,25,26). The number of halogens is 3. The second-order valence-corrected chi connectivity index (χ2v) is 9.54. The van der Waals surface area contributed by atoms with E-state index in [0.717, 1.165) is 11.6 Å². The number of fused-ring (bicyclic) bond motifs is 1. The lowest BCUT2D eigenvalue weighted by Crippen LogP contribution is -2.41. The zero-order valence-electron chi connectivity index (χ0n) is 16.7. The van der Waals surface area contributed by atoms with Crippen molar-refractivity contribution >= 4 is 26.7 Å². The number of nitrogens with zero attached hydrogens (tertiary/aromatic N) is 3. The van der Waals surface area contributed by atoms with Crippen LogP contribution in [-0.2, 0) is 16.2 Å². The Morgan fingerprint density at radius 3 is 2.35 bits per heavy atom. The molecule has 1 saturated heterocycles. The van der Waals surface area contributed by atoms with E-state index in [-0.39, 0.29) is 11.6 Å². The maximum Gasteiger partial charge on any atom is 0.433 e. The van der Waals surface area contributed by atoms with Gasteiger partial charge in [-0.2, -0.15) is 13.2 Å². The zero-order valence-corrected chi connectivity index (χ0v) is 17.5. The van der Waals surface area contributed by atoms with E-state index in [0.29, 0.717) is 42.7 Å². The van der Waals surface area contributed by atoms with Crippen LogP contribution in [0.25, 0.3) is 22.0 Å². The number of piperidine rings is 1. The molecule has 0 amide bonds. The Labute approximate surface area is 178 Å². The lowest BCUT2D eigenvalue weighted by Gasteiger charge is -2.31. The fourth-order valence-corrected chi connectivity index (χ4v) is 4.62. The molecule has 0 bridgehead atoms. The highest BCUT2D eigenvalue weighted by molar-refractivity contribution is 7.88. The van der Waals surface area contributed by atoms with Gasteiger partial charge < -0.3 is 5.32 Å². The van der Waals surface area contributed by atoms with E-state index in [9.17, 15) is 21.6 Å². The molecule has 0 atom stereocenters. The zero-order chi connectivity index (χ0) is 22.2. The number of benzene rings is 1. The van der Waals surface area contributed by atoms with Gasteiger partial charge in [0.25, 0.3) is 0 Å². The first-order valence-electron chi connectivity index (χ1n) is 9.77. The summed E-state index contributed by atoms with van der Waals surface area (Å²) in [5, 5.41) is 3.76. The number of pyridine rings is 2. The third-order valence-corrected chi connectivity index (χ3v) is 6.67. The van der Waals surface area contributed by atoms with Crippen LogP contribution in [0.4, 0.5) is 19.0 Å². The van der Waals surface area contributed by atoms with Gasteiger partial charge in [-0.25, -0.2) is 22.7 Å². The highest BCUT2D eigenvalue weighted by atomic mass is 32.2. The third kappa shape index (κ3) is 4.64. The normalized spacial score (nSPS) is 16.5. The fourth-order valence-electron chi connectivity index (χ4n) is 3.74. The molecule has 10 heteroatoms. The van der Waals surface area contributed by atoms with Gasteiger partial charge in [-0.15, -0.1) is 0 Å². The summed E-state index contributed by atoms with van der Waals surface area (Å²) < 4.78 is 64.8. The van der Waals surface area contributed by atoms with Crippen LogP contribution in [0.5, 0.6) is 0 Å². The van der Waals surface area contributed by atoms with E-state index in [1.54, 1.807) is 24.3 Å². The van der Waals surface area contributed by atoms with Crippen molar-refractivity contribution in [3.63, 3.8) is 0 Å². The van der Waals surface area contributed by atoms with Gasteiger partial charge in [0.15, 0.2) is 0 Å². The van der Waals surface area contributed by atoms with Crippen LogP contribution in [-0.4, -0.2) is 48.1 Å². The molecule has 0 spiro atoms. The third-order valence-electron chi connectivity index (χ3n) is 5.37. The summed E-state index contributed by atoms with van der Waals surface area (Å²) in [6, 6.07) is 11.3. The molecule has 0 saturated carbocycles. The monoisotopic (exact) mass is 450 g/mol. The van der Waals surface area contributed by atoms with Gasteiger partial charge in [0.1, 0.15) is 11.5 Å². The van der Waals surface area contributed by atoms with Gasteiger partial charge in [-0.1, -0.05) is 30.3 Å². The number of anilines is 1. The Kier molecular flexibility index (Phi) is 5.61. The van der Waals surface area contributed by atoms with E-state index in [1.165, 1.54) is 22.8 Å². The Balaban J connectivity index is 1.71. The lowest BCUT2D eigenvalue weighted by molar-refractivity contribution is -0.140. The van der Waals surface area contributed by atoms with Crippen molar-refractivity contribution in [3.8, 4) is 11.1 Å². The van der Waals surface area contributed by atoms with Crippen molar-refractivity contribution in [3.05, 3.63) is 54.4 Å². The lowest BCUT2D eigenvalue weighted by atomic mass is 10.0. The summed E-state index contributed by atoms with van der Waals surface area (Å²) in [7, 11) is -3.24. The van der Waals surface area contributed by atoms with Crippen molar-refractivity contribution in [1.82, 2.24) is 14.3 Å². The summed E-state index contributed by atoms with van der Waals surface area (Å²) in [6.07, 6.45) is -0.701. The largest absolute Gasteiger partial charge is 0.433 e. The molecule has 0 aliphatic carbocycles. The second kappa shape index (κ2) is 8.08. The van der Waals surface area contributed by atoms with Crippen molar-refractivity contribution in [2.45, 2.75) is 25.1 Å². The van der Waals surface area contributed by atoms with Gasteiger partial charge in [-0.05, 0) is 30.5 Å². The van der Waals surface area contributed by atoms with Crippen LogP contribution >= 0.6 is 0 Å². The number of sulfonamides is 1. The average molecular weight is 450 g/mol. The van der Waals surface area contributed by atoms with Crippen molar-refractivity contribution in [1.29, 1.82) is 0 Å². The van der Waals surface area contributed by atoms with Gasteiger partial charge in [-0.3, -0.25) is 0 Å². The molecule has 4 rings (SSSR count). The first-order valence-corrected chi connectivity index (χ1v) is 11.6. The molecule has 0 unspecified atom stereocenters. The highest BCUT2D eigenvalue weighted by Gasteiger charge is 2.33. The maximum absolute atomic E-state index is 13.3. The molecular weight excluding hydrogens is 429 g/mol. The van der Waals surface area contributed by atoms with Crippen LogP contribution < -0.4 is 5.32 Å². The van der Waals surface area contributed by atoms with Crippen LogP contribution in [0.15, 0.2) is 48.7 Å². The topological polar surface area (TPSA) is 75.2 Å². The first-order chi connectivity index (χ1) is 14.6. The SMILES string of the molecule is CS(=O)(=O)N1CCC(Nc2ncc(-c3ccccc3)c3nc(C(F)(F)F)ccc23)CC1. The molecule has 31 heavy (non-hydrogen) atoms. The maximum atomic E-state index is 13.3. The number of aromatic nitrogens is 2. The summed E-state index contributed by atoms with van der Waals surface area (Å²) in [4.78, 5) is 8.40. The molecule has 2 aromatic heterocycles. The molecule has 1 N–H and O–H groups in total. The molecule has 3 heterocycles. The predicted molar refractivity (Wildman–Crippen MR) is 113 cm³/mol. The molecule has 1 aliphatic rings. The van der Waals surface area contributed by atoms with E-state index in [2.05, 4.69) is 15.3 Å².